The summed E-state index contributed by atoms with van der Waals surface area (Å²) in [5.74, 6) is -1.91. The summed E-state index contributed by atoms with van der Waals surface area (Å²) in [4.78, 5) is 11.4. The molecule has 0 bridgehead atoms. The second-order valence-electron chi connectivity index (χ2n) is 3.97. The highest BCUT2D eigenvalue weighted by atomic mass is 19.1. The summed E-state index contributed by atoms with van der Waals surface area (Å²) >= 11 is 0. The van der Waals surface area contributed by atoms with Crippen LogP contribution < -0.4 is 0 Å². The monoisotopic (exact) mass is 278 g/mol. The zero-order valence-corrected chi connectivity index (χ0v) is 10.6. The molecule has 0 unspecified atom stereocenters. The summed E-state index contributed by atoms with van der Waals surface area (Å²) in [6.07, 6.45) is 2.90. The molecule has 0 saturated carbocycles. The molecular weight excluding hydrogens is 266 g/mol. The van der Waals surface area contributed by atoms with E-state index in [2.05, 4.69) is 11.7 Å². The van der Waals surface area contributed by atoms with Crippen molar-refractivity contribution in [2.24, 2.45) is 0 Å². The Hall–Kier alpha value is -2.50. The van der Waals surface area contributed by atoms with Gasteiger partial charge in [0.2, 0.25) is 0 Å². The van der Waals surface area contributed by atoms with E-state index in [9.17, 15) is 13.6 Å². The Labute approximate surface area is 114 Å². The molecule has 1 aromatic carbocycles. The molecule has 0 saturated heterocycles. The number of aromatic nitrogens is 2. The van der Waals surface area contributed by atoms with Gasteiger partial charge in [0.15, 0.2) is 0 Å². The van der Waals surface area contributed by atoms with Crippen LogP contribution in [0.5, 0.6) is 0 Å². The normalized spacial score (nSPS) is 10.3. The third-order valence-electron chi connectivity index (χ3n) is 2.51. The highest BCUT2D eigenvalue weighted by Crippen LogP contribution is 2.23. The second-order valence-corrected chi connectivity index (χ2v) is 3.97. The van der Waals surface area contributed by atoms with Gasteiger partial charge >= 0.3 is 5.97 Å². The molecule has 104 valence electrons. The summed E-state index contributed by atoms with van der Waals surface area (Å²) in [5.41, 5.74) is -0.0946. The molecule has 0 amide bonds. The fourth-order valence-electron chi connectivity index (χ4n) is 1.66. The van der Waals surface area contributed by atoms with Crippen LogP contribution in [0, 0.1) is 11.6 Å². The molecule has 0 radical (unpaired) electrons. The number of halogens is 2. The third kappa shape index (κ3) is 3.09. The number of hydrogen-bond donors (Lipinski definition) is 0. The van der Waals surface area contributed by atoms with E-state index < -0.39 is 17.6 Å². The van der Waals surface area contributed by atoms with Gasteiger partial charge in [-0.3, -0.25) is 9.48 Å². The molecule has 4 nitrogen and oxygen atoms in total. The Morgan fingerprint density at radius 2 is 2.05 bits per heavy atom. The summed E-state index contributed by atoms with van der Waals surface area (Å²) in [6.45, 7) is 3.39. The molecule has 0 atom stereocenters. The molecule has 2 aromatic rings. The number of carbonyl (C=O) groups excluding carboxylic acids is 1. The first-order chi connectivity index (χ1) is 9.61. The first-order valence-corrected chi connectivity index (χ1v) is 5.86. The van der Waals surface area contributed by atoms with Gasteiger partial charge in [0.05, 0.1) is 11.3 Å². The van der Waals surface area contributed by atoms with Crippen LogP contribution in [0.4, 0.5) is 8.78 Å². The predicted molar refractivity (Wildman–Crippen MR) is 68.7 cm³/mol. The molecule has 0 spiro atoms. The molecule has 6 heteroatoms. The van der Waals surface area contributed by atoms with Crippen molar-refractivity contribution in [3.63, 3.8) is 0 Å². The average molecular weight is 278 g/mol. The van der Waals surface area contributed by atoms with E-state index in [1.54, 1.807) is 0 Å². The van der Waals surface area contributed by atoms with Gasteiger partial charge in [0.25, 0.3) is 0 Å². The van der Waals surface area contributed by atoms with E-state index in [1.165, 1.54) is 29.1 Å². The topological polar surface area (TPSA) is 44.1 Å². The van der Waals surface area contributed by atoms with E-state index in [0.29, 0.717) is 0 Å². The number of nitrogens with zero attached hydrogens (tertiary/aromatic N) is 2. The van der Waals surface area contributed by atoms with Crippen molar-refractivity contribution in [1.29, 1.82) is 0 Å². The lowest BCUT2D eigenvalue weighted by atomic mass is 10.1. The molecule has 1 aromatic heterocycles. The van der Waals surface area contributed by atoms with E-state index in [4.69, 9.17) is 4.74 Å². The van der Waals surface area contributed by atoms with Crippen molar-refractivity contribution in [2.45, 2.75) is 6.54 Å². The van der Waals surface area contributed by atoms with E-state index in [0.717, 1.165) is 12.1 Å². The quantitative estimate of drug-likeness (QED) is 0.623. The molecule has 0 aliphatic rings. The fourth-order valence-corrected chi connectivity index (χ4v) is 1.66. The molecule has 2 rings (SSSR count). The maximum Gasteiger partial charge on any atom is 0.328 e. The number of ether oxygens (including phenoxy) is 1. The zero-order chi connectivity index (χ0) is 14.5. The molecule has 0 N–H and O–H groups in total. The van der Waals surface area contributed by atoms with Crippen LogP contribution in [0.3, 0.4) is 0 Å². The van der Waals surface area contributed by atoms with Crippen molar-refractivity contribution >= 4 is 5.97 Å². The highest BCUT2D eigenvalue weighted by Gasteiger charge is 2.14. The largest absolute Gasteiger partial charge is 0.460 e. The zero-order valence-electron chi connectivity index (χ0n) is 10.6. The van der Waals surface area contributed by atoms with Crippen LogP contribution in [0.25, 0.3) is 11.3 Å². The SMILES string of the molecule is C=CCOC(=O)Cn1ccc(-c2c(F)cccc2F)n1. The van der Waals surface area contributed by atoms with Crippen molar-refractivity contribution in [1.82, 2.24) is 9.78 Å². The van der Waals surface area contributed by atoms with Crippen LogP contribution in [0.2, 0.25) is 0 Å². The minimum Gasteiger partial charge on any atom is -0.460 e. The molecule has 0 aliphatic heterocycles. The summed E-state index contributed by atoms with van der Waals surface area (Å²) in [7, 11) is 0. The van der Waals surface area contributed by atoms with Crippen LogP contribution in [0.1, 0.15) is 0 Å². The molecule has 0 aliphatic carbocycles. The number of rotatable bonds is 5. The molecule has 20 heavy (non-hydrogen) atoms. The molecule has 0 fully saturated rings. The van der Waals surface area contributed by atoms with Crippen molar-refractivity contribution in [3.8, 4) is 11.3 Å². The van der Waals surface area contributed by atoms with Gasteiger partial charge in [-0.15, -0.1) is 0 Å². The Balaban J connectivity index is 2.17. The standard InChI is InChI=1S/C14H12F2N2O2/c1-2-8-20-13(19)9-18-7-6-12(17-18)14-10(15)4-3-5-11(14)16/h2-7H,1,8-9H2. The minimum absolute atomic E-state index is 0.106. The van der Waals surface area contributed by atoms with E-state index >= 15 is 0 Å². The molecule has 1 heterocycles. The maximum atomic E-state index is 13.6. The van der Waals surface area contributed by atoms with Crippen LogP contribution in [-0.4, -0.2) is 22.4 Å². The van der Waals surface area contributed by atoms with Crippen LogP contribution in [-0.2, 0) is 16.1 Å². The minimum atomic E-state index is -0.704. The van der Waals surface area contributed by atoms with Gasteiger partial charge < -0.3 is 4.74 Å². The Morgan fingerprint density at radius 3 is 2.70 bits per heavy atom. The smallest absolute Gasteiger partial charge is 0.328 e. The number of esters is 1. The lowest BCUT2D eigenvalue weighted by molar-refractivity contribution is -0.143. The van der Waals surface area contributed by atoms with Crippen molar-refractivity contribution < 1.29 is 18.3 Å². The van der Waals surface area contributed by atoms with Gasteiger partial charge in [0, 0.05) is 6.20 Å². The predicted octanol–water partition coefficient (Wildman–Crippen LogP) is 2.56. The Bertz CT molecular complexity index is 618. The number of benzene rings is 1. The molecular formula is C14H12F2N2O2. The van der Waals surface area contributed by atoms with Gasteiger partial charge in [-0.1, -0.05) is 18.7 Å². The van der Waals surface area contributed by atoms with Gasteiger partial charge in [-0.2, -0.15) is 5.10 Å². The lowest BCUT2D eigenvalue weighted by Gasteiger charge is -2.03. The summed E-state index contributed by atoms with van der Waals surface area (Å²) < 4.78 is 33.2. The van der Waals surface area contributed by atoms with Crippen LogP contribution >= 0.6 is 0 Å². The fraction of sp³-hybridized carbons (Fsp3) is 0.143. The Kier molecular flexibility index (Phi) is 4.24. The summed E-state index contributed by atoms with van der Waals surface area (Å²) in [6, 6.07) is 5.01. The van der Waals surface area contributed by atoms with Crippen molar-refractivity contribution in [3.05, 3.63) is 54.8 Å². The second kappa shape index (κ2) is 6.10. The van der Waals surface area contributed by atoms with E-state index in [1.807, 2.05) is 0 Å². The third-order valence-corrected chi connectivity index (χ3v) is 2.51. The van der Waals surface area contributed by atoms with E-state index in [-0.39, 0.29) is 24.4 Å². The lowest BCUT2D eigenvalue weighted by Crippen LogP contribution is -2.14. The summed E-state index contributed by atoms with van der Waals surface area (Å²) in [5, 5.41) is 3.96. The highest BCUT2D eigenvalue weighted by molar-refractivity contribution is 5.69. The maximum absolute atomic E-state index is 13.6. The van der Waals surface area contributed by atoms with Gasteiger partial charge in [-0.25, -0.2) is 8.78 Å². The number of hydrogen-bond acceptors (Lipinski definition) is 3. The van der Waals surface area contributed by atoms with Crippen molar-refractivity contribution in [2.75, 3.05) is 6.61 Å². The first kappa shape index (κ1) is 13.9. The van der Waals surface area contributed by atoms with Gasteiger partial charge in [0.1, 0.15) is 24.8 Å². The number of carbonyl (C=O) groups is 1. The van der Waals surface area contributed by atoms with Crippen LogP contribution in [0.15, 0.2) is 43.1 Å². The average Bonchev–Trinajstić information content (AvgIpc) is 2.84. The first-order valence-electron chi connectivity index (χ1n) is 5.86. The van der Waals surface area contributed by atoms with Gasteiger partial charge in [-0.05, 0) is 18.2 Å². The Morgan fingerprint density at radius 1 is 1.35 bits per heavy atom.